The summed E-state index contributed by atoms with van der Waals surface area (Å²) in [6, 6.07) is 6.35. The zero-order chi connectivity index (χ0) is 21.0. The number of carbonyl (C=O) groups excluding carboxylic acids is 3. The van der Waals surface area contributed by atoms with Gasteiger partial charge in [-0.05, 0) is 31.4 Å². The van der Waals surface area contributed by atoms with Crippen LogP contribution in [-0.2, 0) is 14.4 Å². The Bertz CT molecular complexity index is 907. The van der Waals surface area contributed by atoms with Crippen molar-refractivity contribution in [2.24, 2.45) is 0 Å². The van der Waals surface area contributed by atoms with Crippen molar-refractivity contribution in [1.82, 2.24) is 10.2 Å². The van der Waals surface area contributed by atoms with Gasteiger partial charge in [-0.2, -0.15) is 0 Å². The molecule has 0 radical (unpaired) electrons. The first-order valence-electron chi connectivity index (χ1n) is 9.31. The van der Waals surface area contributed by atoms with Crippen molar-refractivity contribution < 1.29 is 33.1 Å². The first-order valence-corrected chi connectivity index (χ1v) is 9.31. The summed E-state index contributed by atoms with van der Waals surface area (Å²) in [5, 5.41) is 12.0. The summed E-state index contributed by atoms with van der Waals surface area (Å²) in [4.78, 5) is 49.6. The van der Waals surface area contributed by atoms with Crippen LogP contribution < -0.4 is 5.32 Å². The number of hydrogen-bond donors (Lipinski definition) is 2. The lowest BCUT2D eigenvalue weighted by atomic mass is 9.99. The Kier molecular flexibility index (Phi) is 6.26. The Morgan fingerprint density at radius 3 is 2.69 bits per heavy atom. The molecule has 154 valence electrons. The van der Waals surface area contributed by atoms with Crippen LogP contribution in [0.15, 0.2) is 34.7 Å². The van der Waals surface area contributed by atoms with E-state index in [1.807, 2.05) is 6.07 Å². The number of carboxylic acids is 1. The fourth-order valence-corrected chi connectivity index (χ4v) is 3.46. The van der Waals surface area contributed by atoms with Gasteiger partial charge in [-0.15, -0.1) is 0 Å². The van der Waals surface area contributed by atoms with Gasteiger partial charge in [0.25, 0.3) is 5.91 Å². The number of aliphatic carboxylic acids is 1. The molecule has 2 aromatic rings. The lowest BCUT2D eigenvalue weighted by Gasteiger charge is -2.34. The van der Waals surface area contributed by atoms with Gasteiger partial charge < -0.3 is 19.7 Å². The second-order valence-corrected chi connectivity index (χ2v) is 6.92. The number of hydrogen-bond acceptors (Lipinski definition) is 5. The van der Waals surface area contributed by atoms with Gasteiger partial charge in [-0.25, -0.2) is 4.39 Å². The Labute approximate surface area is 165 Å². The molecule has 1 aliphatic heterocycles. The van der Waals surface area contributed by atoms with E-state index in [-0.39, 0.29) is 5.76 Å². The molecule has 1 aromatic carbocycles. The van der Waals surface area contributed by atoms with E-state index in [9.17, 15) is 23.6 Å². The lowest BCUT2D eigenvalue weighted by molar-refractivity contribution is -0.140. The first kappa shape index (κ1) is 20.5. The lowest BCUT2D eigenvalue weighted by Crippen LogP contribution is -2.55. The molecule has 9 heteroatoms. The SMILES string of the molecule is O=C(O)C[C@H](NC(=O)[C@@H]1CCCCN1C(=O)c1cc2ccccc2o1)C(=O)CF. The predicted octanol–water partition coefficient (Wildman–Crippen LogP) is 1.93. The summed E-state index contributed by atoms with van der Waals surface area (Å²) in [6.45, 7) is -1.07. The zero-order valence-electron chi connectivity index (χ0n) is 15.6. The average Bonchev–Trinajstić information content (AvgIpc) is 3.16. The van der Waals surface area contributed by atoms with E-state index in [1.54, 1.807) is 24.3 Å². The van der Waals surface area contributed by atoms with E-state index in [4.69, 9.17) is 9.52 Å². The molecule has 2 amide bonds. The third-order valence-electron chi connectivity index (χ3n) is 4.92. The molecule has 2 heterocycles. The predicted molar refractivity (Wildman–Crippen MR) is 100 cm³/mol. The maximum Gasteiger partial charge on any atom is 0.305 e. The number of carbonyl (C=O) groups is 4. The largest absolute Gasteiger partial charge is 0.481 e. The summed E-state index contributed by atoms with van der Waals surface area (Å²) in [6.07, 6.45) is 1.00. The molecule has 1 fully saturated rings. The topological polar surface area (TPSA) is 117 Å². The smallest absolute Gasteiger partial charge is 0.305 e. The number of carboxylic acid groups (broad SMARTS) is 1. The van der Waals surface area contributed by atoms with E-state index in [0.29, 0.717) is 31.4 Å². The van der Waals surface area contributed by atoms with Crippen LogP contribution in [0.5, 0.6) is 0 Å². The summed E-state index contributed by atoms with van der Waals surface area (Å²) in [5.41, 5.74) is 0.545. The van der Waals surface area contributed by atoms with E-state index >= 15 is 0 Å². The second-order valence-electron chi connectivity index (χ2n) is 6.92. The van der Waals surface area contributed by atoms with Crippen LogP contribution in [0.2, 0.25) is 0 Å². The van der Waals surface area contributed by atoms with Crippen LogP contribution in [-0.4, -0.2) is 58.9 Å². The van der Waals surface area contributed by atoms with Crippen LogP contribution in [0.3, 0.4) is 0 Å². The number of likely N-dealkylation sites (tertiary alicyclic amines) is 1. The normalized spacial score (nSPS) is 17.7. The summed E-state index contributed by atoms with van der Waals surface area (Å²) in [7, 11) is 0. The molecular weight excluding hydrogens is 383 g/mol. The van der Waals surface area contributed by atoms with Gasteiger partial charge in [0.15, 0.2) is 11.5 Å². The number of Topliss-reactive ketones (excluding diaryl/α,β-unsaturated/α-hetero) is 1. The van der Waals surface area contributed by atoms with Crippen molar-refractivity contribution in [3.63, 3.8) is 0 Å². The van der Waals surface area contributed by atoms with Gasteiger partial charge in [-0.1, -0.05) is 18.2 Å². The van der Waals surface area contributed by atoms with Gasteiger partial charge in [0, 0.05) is 11.9 Å². The number of piperidine rings is 1. The van der Waals surface area contributed by atoms with Crippen molar-refractivity contribution in [2.45, 2.75) is 37.8 Å². The van der Waals surface area contributed by atoms with Crippen LogP contribution >= 0.6 is 0 Å². The zero-order valence-corrected chi connectivity index (χ0v) is 15.6. The number of nitrogens with zero attached hydrogens (tertiary/aromatic N) is 1. The molecule has 0 saturated carbocycles. The molecule has 1 aliphatic rings. The quantitative estimate of drug-likeness (QED) is 0.728. The Balaban J connectivity index is 1.79. The molecule has 8 nitrogen and oxygen atoms in total. The fraction of sp³-hybridized carbons (Fsp3) is 0.400. The standard InChI is InChI=1S/C20H21FN2O6/c21-11-15(24)13(10-18(25)26)22-19(27)14-6-3-4-8-23(14)20(28)17-9-12-5-1-2-7-16(12)29-17/h1-2,5,7,9,13-14H,3-4,6,8,10-11H2,(H,22,27)(H,25,26)/t13-,14-/m0/s1. The number of rotatable bonds is 7. The number of fused-ring (bicyclic) bond motifs is 1. The molecule has 0 aliphatic carbocycles. The van der Waals surface area contributed by atoms with Crippen LogP contribution in [0.25, 0.3) is 11.0 Å². The number of amides is 2. The van der Waals surface area contributed by atoms with Crippen LogP contribution in [0.1, 0.15) is 36.2 Å². The van der Waals surface area contributed by atoms with E-state index in [1.165, 1.54) is 4.90 Å². The Morgan fingerprint density at radius 2 is 2.00 bits per heavy atom. The molecular formula is C20H21FN2O6. The third-order valence-corrected chi connectivity index (χ3v) is 4.92. The molecule has 1 aromatic heterocycles. The maximum absolute atomic E-state index is 13.0. The van der Waals surface area contributed by atoms with Gasteiger partial charge in [0.2, 0.25) is 5.91 Å². The average molecular weight is 404 g/mol. The summed E-state index contributed by atoms with van der Waals surface area (Å²) in [5.74, 6) is -3.41. The Morgan fingerprint density at radius 1 is 1.24 bits per heavy atom. The molecule has 2 N–H and O–H groups in total. The highest BCUT2D eigenvalue weighted by Gasteiger charge is 2.36. The summed E-state index contributed by atoms with van der Waals surface area (Å²) < 4.78 is 18.3. The minimum atomic E-state index is -1.48. The molecule has 0 spiro atoms. The number of nitrogens with one attached hydrogen (secondary N) is 1. The number of furan rings is 1. The number of benzene rings is 1. The highest BCUT2D eigenvalue weighted by atomic mass is 19.1. The number of halogens is 1. The molecule has 3 rings (SSSR count). The van der Waals surface area contributed by atoms with E-state index in [2.05, 4.69) is 5.32 Å². The molecule has 0 bridgehead atoms. The number of para-hydroxylation sites is 1. The van der Waals surface area contributed by atoms with Gasteiger partial charge in [-0.3, -0.25) is 19.2 Å². The molecule has 2 atom stereocenters. The maximum atomic E-state index is 13.0. The van der Waals surface area contributed by atoms with Crippen LogP contribution in [0.4, 0.5) is 4.39 Å². The summed E-state index contributed by atoms with van der Waals surface area (Å²) >= 11 is 0. The van der Waals surface area contributed by atoms with Crippen molar-refractivity contribution >= 4 is 34.5 Å². The first-order chi connectivity index (χ1) is 13.9. The van der Waals surface area contributed by atoms with Crippen molar-refractivity contribution in [1.29, 1.82) is 0 Å². The third kappa shape index (κ3) is 4.61. The van der Waals surface area contributed by atoms with Gasteiger partial charge in [0.05, 0.1) is 6.42 Å². The minimum absolute atomic E-state index is 0.0906. The van der Waals surface area contributed by atoms with Crippen LogP contribution in [0, 0.1) is 0 Å². The molecule has 1 saturated heterocycles. The van der Waals surface area contributed by atoms with E-state index < -0.39 is 48.7 Å². The Hall–Kier alpha value is -3.23. The monoisotopic (exact) mass is 404 g/mol. The molecule has 0 unspecified atom stereocenters. The van der Waals surface area contributed by atoms with Crippen molar-refractivity contribution in [3.8, 4) is 0 Å². The van der Waals surface area contributed by atoms with Crippen molar-refractivity contribution in [2.75, 3.05) is 13.2 Å². The number of alkyl halides is 1. The highest BCUT2D eigenvalue weighted by Crippen LogP contribution is 2.24. The van der Waals surface area contributed by atoms with Crippen molar-refractivity contribution in [3.05, 3.63) is 36.1 Å². The number of ketones is 1. The highest BCUT2D eigenvalue weighted by molar-refractivity contribution is 6.00. The van der Waals surface area contributed by atoms with Gasteiger partial charge in [0.1, 0.15) is 24.3 Å². The van der Waals surface area contributed by atoms with E-state index in [0.717, 1.165) is 5.39 Å². The molecule has 29 heavy (non-hydrogen) atoms. The fourth-order valence-electron chi connectivity index (χ4n) is 3.46. The minimum Gasteiger partial charge on any atom is -0.481 e. The second kappa shape index (κ2) is 8.85. The van der Waals surface area contributed by atoms with Gasteiger partial charge >= 0.3 is 5.97 Å².